The van der Waals surface area contributed by atoms with E-state index in [-0.39, 0.29) is 17.6 Å². The van der Waals surface area contributed by atoms with Gasteiger partial charge in [-0.15, -0.1) is 0 Å². The fourth-order valence-electron chi connectivity index (χ4n) is 4.97. The van der Waals surface area contributed by atoms with Gasteiger partial charge in [-0.2, -0.15) is 4.98 Å². The number of carbonyl (C=O) groups excluding carboxylic acids is 1. The van der Waals surface area contributed by atoms with E-state index in [0.29, 0.717) is 26.2 Å². The van der Waals surface area contributed by atoms with E-state index in [1.54, 1.807) is 14.0 Å². The average Bonchev–Trinajstić information content (AvgIpc) is 2.91. The van der Waals surface area contributed by atoms with E-state index in [9.17, 15) is 9.59 Å². The summed E-state index contributed by atoms with van der Waals surface area (Å²) in [5.41, 5.74) is 2.89. The zero-order valence-electron chi connectivity index (χ0n) is 20.5. The van der Waals surface area contributed by atoms with Crippen LogP contribution in [0, 0.1) is 0 Å². The molecule has 1 fully saturated rings. The van der Waals surface area contributed by atoms with Crippen LogP contribution >= 0.6 is 30.3 Å². The van der Waals surface area contributed by atoms with E-state index in [0.717, 1.165) is 30.0 Å². The summed E-state index contributed by atoms with van der Waals surface area (Å²) in [7, 11) is 3.46. The maximum Gasteiger partial charge on any atom is 0.347 e. The summed E-state index contributed by atoms with van der Waals surface area (Å²) in [5.74, 6) is 0.711. The van der Waals surface area contributed by atoms with Gasteiger partial charge in [0.2, 0.25) is 5.91 Å². The summed E-state index contributed by atoms with van der Waals surface area (Å²) < 4.78 is 2.83. The third kappa shape index (κ3) is 5.70. The van der Waals surface area contributed by atoms with Crippen molar-refractivity contribution >= 4 is 58.5 Å². The molecule has 1 saturated heterocycles. The summed E-state index contributed by atoms with van der Waals surface area (Å²) in [6, 6.07) is 14.8. The first-order valence-corrected chi connectivity index (χ1v) is 15.3. The molecule has 1 unspecified atom stereocenters. The Morgan fingerprint density at radius 1 is 1.22 bits per heavy atom. The number of fused-ring (bicyclic) bond motifs is 2. The molecule has 1 aromatic heterocycles. The topological polar surface area (TPSA) is 84.6 Å². The minimum atomic E-state index is -0.324. The molecule has 190 valence electrons. The highest BCUT2D eigenvalue weighted by molar-refractivity contribution is 14.2. The van der Waals surface area contributed by atoms with Crippen molar-refractivity contribution in [1.82, 2.24) is 19.6 Å². The highest BCUT2D eigenvalue weighted by Crippen LogP contribution is 2.33. The quantitative estimate of drug-likeness (QED) is 0.261. The lowest BCUT2D eigenvalue weighted by Crippen LogP contribution is -2.54. The van der Waals surface area contributed by atoms with E-state index in [4.69, 9.17) is 0 Å². The molecular weight excluding hydrogens is 587 g/mol. The molecule has 1 atom stereocenters. The largest absolute Gasteiger partial charge is 0.365 e. The van der Waals surface area contributed by atoms with Gasteiger partial charge in [0.25, 0.3) is 0 Å². The Balaban J connectivity index is 0.000000709. The van der Waals surface area contributed by atoms with Gasteiger partial charge in [-0.3, -0.25) is 9.52 Å². The number of aromatic nitrogens is 2. The molecule has 5 rings (SSSR count). The summed E-state index contributed by atoms with van der Waals surface area (Å²) in [5, 5.41) is 2.42. The van der Waals surface area contributed by atoms with E-state index >= 15 is 0 Å². The number of carbonyl (C=O) groups is 1. The number of benzene rings is 2. The zero-order chi connectivity index (χ0) is 25.7. The molecule has 3 heterocycles. The average molecular weight is 619 g/mol. The third-order valence-electron chi connectivity index (χ3n) is 6.65. The minimum Gasteiger partial charge on any atom is -0.365 e. The fraction of sp³-hybridized carbons (Fsp3) is 0.346. The number of H-pyrrole nitrogens is 1. The van der Waals surface area contributed by atoms with Crippen molar-refractivity contribution in [2.24, 2.45) is 0 Å². The van der Waals surface area contributed by atoms with E-state index in [1.165, 1.54) is 22.5 Å². The number of rotatable bonds is 4. The third-order valence-corrected chi connectivity index (χ3v) is 8.13. The fourth-order valence-corrected chi connectivity index (χ4v) is 4.97. The van der Waals surface area contributed by atoms with Gasteiger partial charge >= 0.3 is 5.69 Å². The maximum absolute atomic E-state index is 12.5. The van der Waals surface area contributed by atoms with E-state index in [2.05, 4.69) is 102 Å². The molecule has 0 bridgehead atoms. The van der Waals surface area contributed by atoms with Gasteiger partial charge in [-0.1, -0.05) is 43.0 Å². The first-order chi connectivity index (χ1) is 17.5. The monoisotopic (exact) mass is 618 g/mol. The van der Waals surface area contributed by atoms with Gasteiger partial charge in [0.15, 0.2) is 0 Å². The van der Waals surface area contributed by atoms with E-state index < -0.39 is 0 Å². The summed E-state index contributed by atoms with van der Waals surface area (Å²) in [6.07, 6.45) is 2.16. The SMILES string of the molecule is C=CC(=O)N1CCN(c2nc(=O)[nH]c3c2CCN(c2cccc4ccccc24)C3)C(C)C1.CNSI. The van der Waals surface area contributed by atoms with E-state index in [1.807, 2.05) is 7.05 Å². The summed E-state index contributed by atoms with van der Waals surface area (Å²) in [4.78, 5) is 38.2. The number of anilines is 2. The van der Waals surface area contributed by atoms with Crippen molar-refractivity contribution in [3.63, 3.8) is 0 Å². The molecular formula is C26H31IN6O2S. The Kier molecular flexibility index (Phi) is 8.91. The van der Waals surface area contributed by atoms with Crippen LogP contribution in [-0.4, -0.2) is 60.0 Å². The van der Waals surface area contributed by atoms with Crippen LogP contribution in [0.25, 0.3) is 10.8 Å². The van der Waals surface area contributed by atoms with Crippen LogP contribution in [0.2, 0.25) is 0 Å². The lowest BCUT2D eigenvalue weighted by atomic mass is 10.0. The second kappa shape index (κ2) is 12.1. The zero-order valence-corrected chi connectivity index (χ0v) is 23.5. The second-order valence-electron chi connectivity index (χ2n) is 8.80. The lowest BCUT2D eigenvalue weighted by molar-refractivity contribution is -0.126. The molecule has 10 heteroatoms. The van der Waals surface area contributed by atoms with Gasteiger partial charge in [-0.05, 0) is 47.0 Å². The number of nitrogens with zero attached hydrogens (tertiary/aromatic N) is 4. The van der Waals surface area contributed by atoms with Crippen LogP contribution < -0.4 is 20.2 Å². The maximum atomic E-state index is 12.5. The first kappa shape index (κ1) is 26.5. The van der Waals surface area contributed by atoms with Crippen LogP contribution in [0.4, 0.5) is 11.5 Å². The van der Waals surface area contributed by atoms with Crippen LogP contribution in [0.5, 0.6) is 0 Å². The summed E-state index contributed by atoms with van der Waals surface area (Å²) >= 11 is 2.16. The molecule has 2 aliphatic rings. The molecule has 2 N–H and O–H groups in total. The molecule has 0 aliphatic carbocycles. The highest BCUT2D eigenvalue weighted by Gasteiger charge is 2.31. The van der Waals surface area contributed by atoms with Gasteiger partial charge < -0.3 is 19.7 Å². The first-order valence-electron chi connectivity index (χ1n) is 11.9. The number of nitrogens with one attached hydrogen (secondary N) is 2. The Morgan fingerprint density at radius 2 is 1.97 bits per heavy atom. The number of hydrogen-bond acceptors (Lipinski definition) is 7. The second-order valence-corrected chi connectivity index (χ2v) is 10.7. The minimum absolute atomic E-state index is 0.0527. The van der Waals surface area contributed by atoms with Gasteiger partial charge in [0.1, 0.15) is 5.82 Å². The Hall–Kier alpha value is -2.57. The number of hydrogen-bond donors (Lipinski definition) is 2. The number of piperazine rings is 1. The van der Waals surface area contributed by atoms with Crippen molar-refractivity contribution in [1.29, 1.82) is 0 Å². The van der Waals surface area contributed by atoms with Crippen LogP contribution in [0.15, 0.2) is 59.9 Å². The van der Waals surface area contributed by atoms with Crippen molar-refractivity contribution in [3.8, 4) is 0 Å². The number of amides is 1. The molecule has 2 aliphatic heterocycles. The Morgan fingerprint density at radius 3 is 2.69 bits per heavy atom. The lowest BCUT2D eigenvalue weighted by Gasteiger charge is -2.42. The molecule has 8 nitrogen and oxygen atoms in total. The molecule has 0 spiro atoms. The van der Waals surface area contributed by atoms with Gasteiger partial charge in [0, 0.05) is 75.8 Å². The van der Waals surface area contributed by atoms with Gasteiger partial charge in [0.05, 0.1) is 6.54 Å². The highest BCUT2D eigenvalue weighted by atomic mass is 127. The van der Waals surface area contributed by atoms with Crippen LogP contribution in [0.3, 0.4) is 0 Å². The molecule has 36 heavy (non-hydrogen) atoms. The van der Waals surface area contributed by atoms with Gasteiger partial charge in [-0.25, -0.2) is 4.79 Å². The molecule has 2 aromatic carbocycles. The van der Waals surface area contributed by atoms with Crippen molar-refractivity contribution in [2.75, 3.05) is 43.0 Å². The molecule has 3 aromatic rings. The molecule has 0 saturated carbocycles. The molecule has 1 amide bonds. The summed E-state index contributed by atoms with van der Waals surface area (Å²) in [6.45, 7) is 8.99. The smallest absolute Gasteiger partial charge is 0.347 e. The Bertz CT molecular complexity index is 1290. The number of aromatic amines is 1. The van der Waals surface area contributed by atoms with Crippen LogP contribution in [0.1, 0.15) is 18.2 Å². The Labute approximate surface area is 227 Å². The standard InChI is InChI=1S/C25H27N5O2.CH4INS/c1-3-23(31)29-13-14-30(17(2)15-29)24-20-11-12-28(16-21(20)26-25(32)27-24)22-10-6-8-18-7-4-5-9-19(18)22;1-3-4-2/h3-10,17H,1,11-16H2,2H3,(H,26,27,32);3H,1H3. The molecule has 0 radical (unpaired) electrons. The van der Waals surface area contributed by atoms with Crippen LogP contribution in [-0.2, 0) is 17.8 Å². The predicted molar refractivity (Wildman–Crippen MR) is 158 cm³/mol. The van der Waals surface area contributed by atoms with Crippen molar-refractivity contribution in [2.45, 2.75) is 25.9 Å². The predicted octanol–water partition coefficient (Wildman–Crippen LogP) is 3.91. The normalized spacial score (nSPS) is 17.3. The van der Waals surface area contributed by atoms with Crippen molar-refractivity contribution < 1.29 is 4.79 Å². The van der Waals surface area contributed by atoms with Crippen molar-refractivity contribution in [3.05, 3.63) is 76.9 Å². The number of halogens is 1.